The van der Waals surface area contributed by atoms with Gasteiger partial charge in [0.05, 0.1) is 6.54 Å². The fraction of sp³-hybridized carbons (Fsp3) is 0.429. The van der Waals surface area contributed by atoms with Gasteiger partial charge in [-0.05, 0) is 37.0 Å². The van der Waals surface area contributed by atoms with Crippen LogP contribution in [0.2, 0.25) is 5.02 Å². The molecule has 0 radical (unpaired) electrons. The molecule has 0 atom stereocenters. The molecule has 1 aliphatic heterocycles. The number of carbonyl (C=O) groups excluding carboxylic acids is 2. The van der Waals surface area contributed by atoms with Crippen LogP contribution in [0, 0.1) is 0 Å². The molecule has 2 aliphatic rings. The van der Waals surface area contributed by atoms with Crippen LogP contribution < -0.4 is 5.32 Å². The summed E-state index contributed by atoms with van der Waals surface area (Å²) in [5.74, 6) is -0.0124. The van der Waals surface area contributed by atoms with Gasteiger partial charge in [0.1, 0.15) is 5.54 Å². The molecule has 2 amide bonds. The predicted molar refractivity (Wildman–Crippen MR) is 71.6 cm³/mol. The van der Waals surface area contributed by atoms with E-state index in [-0.39, 0.29) is 18.4 Å². The number of benzene rings is 1. The molecule has 1 aromatic rings. The maximum absolute atomic E-state index is 12.1. The van der Waals surface area contributed by atoms with Gasteiger partial charge < -0.3 is 10.2 Å². The van der Waals surface area contributed by atoms with Gasteiger partial charge in [0.2, 0.25) is 11.8 Å². The Morgan fingerprint density at radius 1 is 1.21 bits per heavy atom. The molecule has 0 bridgehead atoms. The Kier molecular flexibility index (Phi) is 2.97. The molecule has 1 saturated heterocycles. The molecule has 1 spiro atoms. The quantitative estimate of drug-likeness (QED) is 0.895. The molecule has 5 heteroatoms. The number of hydrogen-bond acceptors (Lipinski definition) is 2. The molecule has 4 nitrogen and oxygen atoms in total. The van der Waals surface area contributed by atoms with E-state index in [0.717, 1.165) is 24.8 Å². The van der Waals surface area contributed by atoms with Gasteiger partial charge in [-0.1, -0.05) is 23.7 Å². The second-order valence-electron chi connectivity index (χ2n) is 5.17. The second-order valence-corrected chi connectivity index (χ2v) is 5.61. The summed E-state index contributed by atoms with van der Waals surface area (Å²) in [5.41, 5.74) is 0.397. The van der Waals surface area contributed by atoms with Crippen LogP contribution in [0.3, 0.4) is 0 Å². The fourth-order valence-electron chi connectivity index (χ4n) is 2.80. The molecule has 1 N–H and O–H groups in total. The maximum Gasteiger partial charge on any atom is 0.246 e. The van der Waals surface area contributed by atoms with Crippen molar-refractivity contribution in [2.24, 2.45) is 0 Å². The van der Waals surface area contributed by atoms with Crippen LogP contribution >= 0.6 is 11.6 Å². The van der Waals surface area contributed by atoms with E-state index in [4.69, 9.17) is 11.6 Å². The summed E-state index contributed by atoms with van der Waals surface area (Å²) >= 11 is 5.86. The molecule has 100 valence electrons. The Labute approximate surface area is 116 Å². The Morgan fingerprint density at radius 3 is 2.47 bits per heavy atom. The molecule has 0 aromatic heterocycles. The van der Waals surface area contributed by atoms with Gasteiger partial charge in [-0.25, -0.2) is 0 Å². The molecule has 0 unspecified atom stereocenters. The summed E-state index contributed by atoms with van der Waals surface area (Å²) < 4.78 is 0. The minimum atomic E-state index is -0.602. The number of amides is 2. The minimum absolute atomic E-state index is 0.00532. The predicted octanol–water partition coefficient (Wildman–Crippen LogP) is 1.72. The highest BCUT2D eigenvalue weighted by Gasteiger charge is 2.53. The zero-order valence-corrected chi connectivity index (χ0v) is 11.2. The largest absolute Gasteiger partial charge is 0.345 e. The Balaban J connectivity index is 1.86. The first-order valence-electron chi connectivity index (χ1n) is 6.45. The van der Waals surface area contributed by atoms with Crippen LogP contribution in [0.5, 0.6) is 0 Å². The van der Waals surface area contributed by atoms with Crippen molar-refractivity contribution in [3.05, 3.63) is 34.9 Å². The zero-order chi connectivity index (χ0) is 13.5. The van der Waals surface area contributed by atoms with Crippen molar-refractivity contribution in [1.29, 1.82) is 0 Å². The Morgan fingerprint density at radius 2 is 1.89 bits per heavy atom. The lowest BCUT2D eigenvalue weighted by atomic mass is 9.73. The summed E-state index contributed by atoms with van der Waals surface area (Å²) in [6, 6.07) is 7.40. The van der Waals surface area contributed by atoms with E-state index in [2.05, 4.69) is 5.32 Å². The standard InChI is InChI=1S/C14H15ClN2O2/c15-11-4-2-10(3-5-11)9-17-12(18)8-16-13(19)14(17)6-1-7-14/h2-5H,1,6-9H2,(H,16,19). The van der Waals surface area contributed by atoms with E-state index >= 15 is 0 Å². The third-order valence-electron chi connectivity index (χ3n) is 4.08. The van der Waals surface area contributed by atoms with Gasteiger partial charge >= 0.3 is 0 Å². The highest BCUT2D eigenvalue weighted by Crippen LogP contribution is 2.40. The Bertz CT molecular complexity index is 523. The van der Waals surface area contributed by atoms with Crippen LogP contribution in [0.1, 0.15) is 24.8 Å². The molecular formula is C14H15ClN2O2. The number of rotatable bonds is 2. The first kappa shape index (κ1) is 12.5. The second kappa shape index (κ2) is 4.53. The molecule has 1 heterocycles. The summed E-state index contributed by atoms with van der Waals surface area (Å²) in [5, 5.41) is 3.37. The van der Waals surface area contributed by atoms with Crippen molar-refractivity contribution < 1.29 is 9.59 Å². The lowest BCUT2D eigenvalue weighted by Crippen LogP contribution is -2.69. The number of nitrogens with one attached hydrogen (secondary N) is 1. The first-order chi connectivity index (χ1) is 9.12. The van der Waals surface area contributed by atoms with Crippen molar-refractivity contribution in [3.63, 3.8) is 0 Å². The van der Waals surface area contributed by atoms with E-state index in [0.29, 0.717) is 11.6 Å². The number of carbonyl (C=O) groups is 2. The summed E-state index contributed by atoms with van der Waals surface area (Å²) in [6.07, 6.45) is 2.52. The van der Waals surface area contributed by atoms with Crippen molar-refractivity contribution in [1.82, 2.24) is 10.2 Å². The SMILES string of the molecule is O=C1CNC(=O)C2(CCC2)N1Cc1ccc(Cl)cc1. The average Bonchev–Trinajstić information content (AvgIpc) is 2.35. The number of nitrogens with zero attached hydrogens (tertiary/aromatic N) is 1. The first-order valence-corrected chi connectivity index (χ1v) is 6.83. The van der Waals surface area contributed by atoms with Gasteiger partial charge in [-0.3, -0.25) is 9.59 Å². The van der Waals surface area contributed by atoms with Gasteiger partial charge in [0, 0.05) is 11.6 Å². The zero-order valence-electron chi connectivity index (χ0n) is 10.5. The van der Waals surface area contributed by atoms with Crippen molar-refractivity contribution in [2.75, 3.05) is 6.54 Å². The van der Waals surface area contributed by atoms with Crippen LogP contribution in [0.25, 0.3) is 0 Å². The topological polar surface area (TPSA) is 49.4 Å². The van der Waals surface area contributed by atoms with E-state index < -0.39 is 5.54 Å². The minimum Gasteiger partial charge on any atom is -0.345 e. The van der Waals surface area contributed by atoms with Gasteiger partial charge in [0.25, 0.3) is 0 Å². The number of hydrogen-bond donors (Lipinski definition) is 1. The summed E-state index contributed by atoms with van der Waals surface area (Å²) in [4.78, 5) is 25.9. The average molecular weight is 279 g/mol. The van der Waals surface area contributed by atoms with E-state index in [1.54, 1.807) is 17.0 Å². The normalized spacial score (nSPS) is 21.2. The molecular weight excluding hydrogens is 264 g/mol. The molecule has 19 heavy (non-hydrogen) atoms. The van der Waals surface area contributed by atoms with E-state index in [1.165, 1.54) is 0 Å². The lowest BCUT2D eigenvalue weighted by molar-refractivity contribution is -0.161. The molecule has 1 aromatic carbocycles. The molecule has 2 fully saturated rings. The van der Waals surface area contributed by atoms with Crippen LogP contribution in [-0.2, 0) is 16.1 Å². The van der Waals surface area contributed by atoms with E-state index in [9.17, 15) is 9.59 Å². The monoisotopic (exact) mass is 278 g/mol. The smallest absolute Gasteiger partial charge is 0.246 e. The van der Waals surface area contributed by atoms with Gasteiger partial charge in [-0.15, -0.1) is 0 Å². The highest BCUT2D eigenvalue weighted by molar-refractivity contribution is 6.30. The third-order valence-corrected chi connectivity index (χ3v) is 4.33. The van der Waals surface area contributed by atoms with Gasteiger partial charge in [0.15, 0.2) is 0 Å². The third kappa shape index (κ3) is 2.00. The maximum atomic E-state index is 12.1. The molecule has 1 aliphatic carbocycles. The van der Waals surface area contributed by atoms with Crippen LogP contribution in [0.4, 0.5) is 0 Å². The van der Waals surface area contributed by atoms with Crippen molar-refractivity contribution >= 4 is 23.4 Å². The van der Waals surface area contributed by atoms with Crippen molar-refractivity contribution in [3.8, 4) is 0 Å². The van der Waals surface area contributed by atoms with Crippen LogP contribution in [-0.4, -0.2) is 28.8 Å². The Hall–Kier alpha value is -1.55. The molecule has 1 saturated carbocycles. The van der Waals surface area contributed by atoms with Gasteiger partial charge in [-0.2, -0.15) is 0 Å². The number of halogens is 1. The van der Waals surface area contributed by atoms with E-state index in [1.807, 2.05) is 12.1 Å². The van der Waals surface area contributed by atoms with Crippen molar-refractivity contribution in [2.45, 2.75) is 31.3 Å². The highest BCUT2D eigenvalue weighted by atomic mass is 35.5. The van der Waals surface area contributed by atoms with Crippen LogP contribution in [0.15, 0.2) is 24.3 Å². The summed E-state index contributed by atoms with van der Waals surface area (Å²) in [6.45, 7) is 0.581. The summed E-state index contributed by atoms with van der Waals surface area (Å²) in [7, 11) is 0. The molecule has 3 rings (SSSR count). The fourth-order valence-corrected chi connectivity index (χ4v) is 2.92. The number of piperazine rings is 1. The lowest BCUT2D eigenvalue weighted by Gasteiger charge is -2.51.